The molecule has 1 aromatic carbocycles. The molecule has 0 spiro atoms. The number of aromatic nitrogens is 1. The van der Waals surface area contributed by atoms with Crippen molar-refractivity contribution < 1.29 is 4.74 Å². The Balaban J connectivity index is 1.84. The molecule has 0 bridgehead atoms. The van der Waals surface area contributed by atoms with Gasteiger partial charge in [-0.2, -0.15) is 5.26 Å². The molecule has 2 rings (SSSR count). The monoisotopic (exact) mass is 272 g/mol. The molecule has 1 aromatic heterocycles. The molecule has 0 aliphatic carbocycles. The predicted molar refractivity (Wildman–Crippen MR) is 76.6 cm³/mol. The van der Waals surface area contributed by atoms with Gasteiger partial charge in [0.05, 0.1) is 11.6 Å². The molecule has 0 N–H and O–H groups in total. The van der Waals surface area contributed by atoms with Crippen molar-refractivity contribution in [3.05, 3.63) is 45.9 Å². The Morgan fingerprint density at radius 3 is 2.63 bits per heavy atom. The third-order valence-corrected chi connectivity index (χ3v) is 3.71. The maximum atomic E-state index is 8.69. The highest BCUT2D eigenvalue weighted by atomic mass is 32.1. The second kappa shape index (κ2) is 6.35. The number of hydrogen-bond donors (Lipinski definition) is 0. The largest absolute Gasteiger partial charge is 0.493 e. The summed E-state index contributed by atoms with van der Waals surface area (Å²) in [6, 6.07) is 10.2. The number of thiazole rings is 1. The van der Waals surface area contributed by atoms with Gasteiger partial charge in [-0.15, -0.1) is 11.3 Å². The van der Waals surface area contributed by atoms with E-state index in [1.165, 1.54) is 16.9 Å². The summed E-state index contributed by atoms with van der Waals surface area (Å²) in [6.45, 7) is 4.93. The molecular formula is C15H16N2OS. The summed E-state index contributed by atoms with van der Waals surface area (Å²) in [5, 5.41) is 11.4. The van der Waals surface area contributed by atoms with Crippen molar-refractivity contribution in [1.29, 1.82) is 5.26 Å². The zero-order valence-electron chi connectivity index (χ0n) is 11.1. The third kappa shape index (κ3) is 3.80. The SMILES string of the molecule is CC(C)c1ccc(OCCc2nc(C#N)cs2)cc1. The molecule has 0 amide bonds. The average molecular weight is 272 g/mol. The van der Waals surface area contributed by atoms with Gasteiger partial charge in [-0.3, -0.25) is 0 Å². The first kappa shape index (κ1) is 13.6. The van der Waals surface area contributed by atoms with Crippen molar-refractivity contribution in [3.63, 3.8) is 0 Å². The molecule has 19 heavy (non-hydrogen) atoms. The van der Waals surface area contributed by atoms with Crippen LogP contribution in [0.3, 0.4) is 0 Å². The van der Waals surface area contributed by atoms with Crippen LogP contribution in [-0.4, -0.2) is 11.6 Å². The van der Waals surface area contributed by atoms with E-state index in [-0.39, 0.29) is 0 Å². The predicted octanol–water partition coefficient (Wildman–Crippen LogP) is 3.76. The van der Waals surface area contributed by atoms with E-state index in [1.807, 2.05) is 18.2 Å². The van der Waals surface area contributed by atoms with Crippen LogP contribution >= 0.6 is 11.3 Å². The Morgan fingerprint density at radius 1 is 1.32 bits per heavy atom. The van der Waals surface area contributed by atoms with Gasteiger partial charge in [0.15, 0.2) is 5.69 Å². The van der Waals surface area contributed by atoms with Gasteiger partial charge in [-0.05, 0) is 23.6 Å². The normalized spacial score (nSPS) is 10.4. The molecule has 1 heterocycles. The van der Waals surface area contributed by atoms with Gasteiger partial charge in [0.25, 0.3) is 0 Å². The molecule has 0 aliphatic rings. The van der Waals surface area contributed by atoms with Crippen LogP contribution in [0.1, 0.15) is 36.0 Å². The lowest BCUT2D eigenvalue weighted by atomic mass is 10.0. The topological polar surface area (TPSA) is 45.9 Å². The molecule has 2 aromatic rings. The summed E-state index contributed by atoms with van der Waals surface area (Å²) < 4.78 is 5.67. The third-order valence-electron chi connectivity index (χ3n) is 2.80. The molecule has 0 atom stereocenters. The van der Waals surface area contributed by atoms with Gasteiger partial charge < -0.3 is 4.74 Å². The van der Waals surface area contributed by atoms with Crippen molar-refractivity contribution in [3.8, 4) is 11.8 Å². The van der Waals surface area contributed by atoms with Crippen molar-refractivity contribution in [1.82, 2.24) is 4.98 Å². The van der Waals surface area contributed by atoms with Crippen LogP contribution in [0.2, 0.25) is 0 Å². The van der Waals surface area contributed by atoms with Crippen LogP contribution in [0.15, 0.2) is 29.6 Å². The zero-order chi connectivity index (χ0) is 13.7. The van der Waals surface area contributed by atoms with E-state index in [9.17, 15) is 0 Å². The van der Waals surface area contributed by atoms with Gasteiger partial charge in [0.1, 0.15) is 11.8 Å². The Kier molecular flexibility index (Phi) is 4.53. The summed E-state index contributed by atoms with van der Waals surface area (Å²) in [6.07, 6.45) is 0.734. The highest BCUT2D eigenvalue weighted by Crippen LogP contribution is 2.19. The van der Waals surface area contributed by atoms with E-state index in [0.717, 1.165) is 17.2 Å². The first-order valence-electron chi connectivity index (χ1n) is 6.26. The van der Waals surface area contributed by atoms with E-state index in [1.54, 1.807) is 5.38 Å². The Morgan fingerprint density at radius 2 is 2.05 bits per heavy atom. The van der Waals surface area contributed by atoms with Crippen LogP contribution in [-0.2, 0) is 6.42 Å². The Labute approximate surface area is 117 Å². The lowest BCUT2D eigenvalue weighted by molar-refractivity contribution is 0.321. The van der Waals surface area contributed by atoms with Crippen molar-refractivity contribution in [2.24, 2.45) is 0 Å². The van der Waals surface area contributed by atoms with E-state index in [2.05, 4.69) is 31.0 Å². The van der Waals surface area contributed by atoms with Crippen LogP contribution in [0.5, 0.6) is 5.75 Å². The standard InChI is InChI=1S/C15H16N2OS/c1-11(2)12-3-5-14(6-4-12)18-8-7-15-17-13(9-16)10-19-15/h3-6,10-11H,7-8H2,1-2H3. The fourth-order valence-electron chi connectivity index (χ4n) is 1.68. The van der Waals surface area contributed by atoms with E-state index < -0.39 is 0 Å². The van der Waals surface area contributed by atoms with Crippen molar-refractivity contribution in [2.75, 3.05) is 6.61 Å². The smallest absolute Gasteiger partial charge is 0.151 e. The number of nitriles is 1. The zero-order valence-corrected chi connectivity index (χ0v) is 11.9. The summed E-state index contributed by atoms with van der Waals surface area (Å²) in [4.78, 5) is 4.17. The van der Waals surface area contributed by atoms with Crippen LogP contribution < -0.4 is 4.74 Å². The number of hydrogen-bond acceptors (Lipinski definition) is 4. The van der Waals surface area contributed by atoms with E-state index >= 15 is 0 Å². The summed E-state index contributed by atoms with van der Waals surface area (Å²) >= 11 is 1.50. The molecule has 0 radical (unpaired) electrons. The molecule has 0 saturated heterocycles. The summed E-state index contributed by atoms with van der Waals surface area (Å²) in [5.41, 5.74) is 1.80. The molecule has 0 saturated carbocycles. The van der Waals surface area contributed by atoms with Crippen LogP contribution in [0.4, 0.5) is 0 Å². The second-order valence-electron chi connectivity index (χ2n) is 4.56. The maximum Gasteiger partial charge on any atom is 0.151 e. The van der Waals surface area contributed by atoms with Gasteiger partial charge in [-0.25, -0.2) is 4.98 Å². The van der Waals surface area contributed by atoms with Gasteiger partial charge in [0, 0.05) is 11.8 Å². The van der Waals surface area contributed by atoms with Gasteiger partial charge in [0.2, 0.25) is 0 Å². The summed E-state index contributed by atoms with van der Waals surface area (Å²) in [7, 11) is 0. The second-order valence-corrected chi connectivity index (χ2v) is 5.50. The number of ether oxygens (including phenoxy) is 1. The average Bonchev–Trinajstić information content (AvgIpc) is 2.87. The fourth-order valence-corrected chi connectivity index (χ4v) is 2.39. The van der Waals surface area contributed by atoms with E-state index in [4.69, 9.17) is 10.00 Å². The minimum atomic E-state index is 0.487. The lowest BCUT2D eigenvalue weighted by Gasteiger charge is -2.08. The first-order valence-corrected chi connectivity index (χ1v) is 7.14. The number of rotatable bonds is 5. The lowest BCUT2D eigenvalue weighted by Crippen LogP contribution is -2.01. The molecule has 0 aliphatic heterocycles. The van der Waals surface area contributed by atoms with Crippen molar-refractivity contribution in [2.45, 2.75) is 26.2 Å². The van der Waals surface area contributed by atoms with E-state index in [0.29, 0.717) is 18.2 Å². The van der Waals surface area contributed by atoms with Crippen LogP contribution in [0, 0.1) is 11.3 Å². The quantitative estimate of drug-likeness (QED) is 0.832. The first-order chi connectivity index (χ1) is 9.19. The molecule has 3 nitrogen and oxygen atoms in total. The minimum absolute atomic E-state index is 0.487. The Bertz CT molecular complexity index is 567. The number of benzene rings is 1. The van der Waals surface area contributed by atoms with Crippen LogP contribution in [0.25, 0.3) is 0 Å². The maximum absolute atomic E-state index is 8.69. The molecule has 4 heteroatoms. The minimum Gasteiger partial charge on any atom is -0.493 e. The highest BCUT2D eigenvalue weighted by Gasteiger charge is 2.02. The van der Waals surface area contributed by atoms with Gasteiger partial charge in [-0.1, -0.05) is 26.0 Å². The number of nitrogens with zero attached hydrogens (tertiary/aromatic N) is 2. The van der Waals surface area contributed by atoms with Gasteiger partial charge >= 0.3 is 0 Å². The molecule has 98 valence electrons. The molecular weight excluding hydrogens is 256 g/mol. The summed E-state index contributed by atoms with van der Waals surface area (Å²) in [5.74, 6) is 1.41. The van der Waals surface area contributed by atoms with Crippen molar-refractivity contribution >= 4 is 11.3 Å². The molecule has 0 fully saturated rings. The highest BCUT2D eigenvalue weighted by molar-refractivity contribution is 7.09. The molecule has 0 unspecified atom stereocenters. The fraction of sp³-hybridized carbons (Fsp3) is 0.333. The Hall–Kier alpha value is -1.86.